The first-order valence-corrected chi connectivity index (χ1v) is 7.47. The van der Waals surface area contributed by atoms with Crippen LogP contribution in [-0.2, 0) is 6.54 Å². The van der Waals surface area contributed by atoms with E-state index in [1.807, 2.05) is 31.2 Å². The van der Waals surface area contributed by atoms with Gasteiger partial charge in [-0.2, -0.15) is 0 Å². The van der Waals surface area contributed by atoms with Crippen molar-refractivity contribution in [3.8, 4) is 0 Å². The molecule has 1 N–H and O–H groups in total. The van der Waals surface area contributed by atoms with E-state index >= 15 is 0 Å². The van der Waals surface area contributed by atoms with E-state index in [4.69, 9.17) is 0 Å². The van der Waals surface area contributed by atoms with E-state index in [2.05, 4.69) is 38.3 Å². The van der Waals surface area contributed by atoms with Gasteiger partial charge in [-0.1, -0.05) is 0 Å². The lowest BCUT2D eigenvalue weighted by molar-refractivity contribution is 0.320. The van der Waals surface area contributed by atoms with Crippen molar-refractivity contribution in [2.24, 2.45) is 0 Å². The minimum atomic E-state index is 0.376. The monoisotopic (exact) mass is 273 g/mol. The third kappa shape index (κ3) is 2.77. The fourth-order valence-corrected chi connectivity index (χ4v) is 3.11. The molecule has 1 aliphatic rings. The van der Waals surface area contributed by atoms with Crippen molar-refractivity contribution in [1.82, 2.24) is 24.4 Å². The van der Waals surface area contributed by atoms with Crippen LogP contribution in [0.4, 0.5) is 0 Å². The maximum absolute atomic E-state index is 4.37. The van der Waals surface area contributed by atoms with Gasteiger partial charge in [-0.25, -0.2) is 9.97 Å². The van der Waals surface area contributed by atoms with E-state index < -0.39 is 0 Å². The quantitative estimate of drug-likeness (QED) is 0.931. The van der Waals surface area contributed by atoms with Crippen LogP contribution in [0.15, 0.2) is 31.2 Å². The molecule has 2 aromatic heterocycles. The highest BCUT2D eigenvalue weighted by Crippen LogP contribution is 2.27. The predicted octanol–water partition coefficient (Wildman–Crippen LogP) is 2.54. The summed E-state index contributed by atoms with van der Waals surface area (Å²) in [5.74, 6) is 0. The number of hydrogen-bond acceptors (Lipinski definition) is 3. The van der Waals surface area contributed by atoms with Crippen LogP contribution in [0.25, 0.3) is 0 Å². The number of hydrogen-bond donors (Lipinski definition) is 1. The van der Waals surface area contributed by atoms with Gasteiger partial charge >= 0.3 is 0 Å². The Hall–Kier alpha value is -1.62. The van der Waals surface area contributed by atoms with Crippen LogP contribution in [0.3, 0.4) is 0 Å². The van der Waals surface area contributed by atoms with Gasteiger partial charge in [0.25, 0.3) is 0 Å². The molecular weight excluding hydrogens is 250 g/mol. The van der Waals surface area contributed by atoms with Gasteiger partial charge in [0.1, 0.15) is 0 Å². The molecule has 1 saturated heterocycles. The highest BCUT2D eigenvalue weighted by atomic mass is 15.1. The Bertz CT molecular complexity index is 530. The van der Waals surface area contributed by atoms with Crippen molar-refractivity contribution >= 4 is 0 Å². The third-order valence-electron chi connectivity index (χ3n) is 4.18. The molecule has 20 heavy (non-hydrogen) atoms. The second-order valence-electron chi connectivity index (χ2n) is 5.89. The highest BCUT2D eigenvalue weighted by molar-refractivity contribution is 5.08. The van der Waals surface area contributed by atoms with Crippen LogP contribution in [0.1, 0.15) is 50.9 Å². The summed E-state index contributed by atoms with van der Waals surface area (Å²) in [6, 6.07) is 1.41. The molecule has 1 aliphatic heterocycles. The summed E-state index contributed by atoms with van der Waals surface area (Å²) in [5, 5.41) is 3.69. The second kappa shape index (κ2) is 5.79. The average Bonchev–Trinajstić information content (AvgIpc) is 3.09. The minimum Gasteiger partial charge on any atom is -0.335 e. The molecule has 0 radical (unpaired) electrons. The number of imidazole rings is 2. The average molecular weight is 273 g/mol. The maximum Gasteiger partial charge on any atom is 0.0951 e. The second-order valence-corrected chi connectivity index (χ2v) is 5.89. The molecule has 3 rings (SSSR count). The van der Waals surface area contributed by atoms with E-state index in [9.17, 15) is 0 Å². The first kappa shape index (κ1) is 13.4. The van der Waals surface area contributed by atoms with Crippen molar-refractivity contribution in [3.05, 3.63) is 36.9 Å². The Morgan fingerprint density at radius 3 is 3.00 bits per heavy atom. The lowest BCUT2D eigenvalue weighted by Crippen LogP contribution is -2.36. The molecule has 1 fully saturated rings. The van der Waals surface area contributed by atoms with Gasteiger partial charge in [-0.15, -0.1) is 0 Å². The van der Waals surface area contributed by atoms with Crippen LogP contribution >= 0.6 is 0 Å². The van der Waals surface area contributed by atoms with Crippen molar-refractivity contribution in [3.63, 3.8) is 0 Å². The number of piperidine rings is 1. The number of rotatable bonds is 4. The summed E-state index contributed by atoms with van der Waals surface area (Å²) in [6.45, 7) is 5.42. The first-order valence-electron chi connectivity index (χ1n) is 7.47. The molecule has 0 spiro atoms. The zero-order valence-electron chi connectivity index (χ0n) is 12.2. The number of nitrogens with zero attached hydrogens (tertiary/aromatic N) is 4. The van der Waals surface area contributed by atoms with Crippen molar-refractivity contribution in [2.75, 3.05) is 0 Å². The van der Waals surface area contributed by atoms with Gasteiger partial charge in [0.05, 0.1) is 18.3 Å². The Kier molecular flexibility index (Phi) is 3.87. The van der Waals surface area contributed by atoms with Gasteiger partial charge in [0.2, 0.25) is 0 Å². The Balaban J connectivity index is 1.75. The third-order valence-corrected chi connectivity index (χ3v) is 4.18. The van der Waals surface area contributed by atoms with Crippen LogP contribution in [0, 0.1) is 0 Å². The molecule has 0 aliphatic carbocycles. The summed E-state index contributed by atoms with van der Waals surface area (Å²) in [4.78, 5) is 8.48. The summed E-state index contributed by atoms with van der Waals surface area (Å²) in [5.41, 5.74) is 1.31. The first-order chi connectivity index (χ1) is 9.74. The zero-order valence-corrected chi connectivity index (χ0v) is 12.2. The van der Waals surface area contributed by atoms with Gasteiger partial charge in [0, 0.05) is 43.3 Å². The number of aromatic nitrogens is 4. The fourth-order valence-electron chi connectivity index (χ4n) is 3.11. The molecule has 108 valence electrons. The number of nitrogens with one attached hydrogen (secondary N) is 1. The van der Waals surface area contributed by atoms with Crippen molar-refractivity contribution in [2.45, 2.75) is 57.8 Å². The lowest BCUT2D eigenvalue weighted by Gasteiger charge is -2.30. The molecule has 3 atom stereocenters. The standard InChI is InChI=1S/C15H23N5/c1-12-4-3-5-14(18-12)15-8-17-11-20(15)13(2)9-19-7-6-16-10-19/h6-8,10-14,18H,3-5,9H2,1-2H3. The molecule has 3 heterocycles. The molecule has 0 aromatic carbocycles. The smallest absolute Gasteiger partial charge is 0.0951 e. The van der Waals surface area contributed by atoms with E-state index in [0.717, 1.165) is 6.54 Å². The molecular formula is C15H23N5. The molecule has 5 heteroatoms. The summed E-state index contributed by atoms with van der Waals surface area (Å²) in [7, 11) is 0. The van der Waals surface area contributed by atoms with Crippen molar-refractivity contribution < 1.29 is 0 Å². The highest BCUT2D eigenvalue weighted by Gasteiger charge is 2.23. The summed E-state index contributed by atoms with van der Waals surface area (Å²) >= 11 is 0. The van der Waals surface area contributed by atoms with Gasteiger partial charge in [-0.3, -0.25) is 0 Å². The normalized spacial score (nSPS) is 24.7. The van der Waals surface area contributed by atoms with Crippen LogP contribution in [-0.4, -0.2) is 25.1 Å². The topological polar surface area (TPSA) is 47.7 Å². The van der Waals surface area contributed by atoms with Gasteiger partial charge in [-0.05, 0) is 33.1 Å². The van der Waals surface area contributed by atoms with E-state index in [1.165, 1.54) is 25.0 Å². The molecule has 0 saturated carbocycles. The SMILES string of the molecule is CC1CCCC(c2cncn2C(C)Cn2ccnc2)N1. The van der Waals surface area contributed by atoms with Crippen LogP contribution < -0.4 is 5.32 Å². The Labute approximate surface area is 120 Å². The van der Waals surface area contributed by atoms with Gasteiger partial charge in [0.15, 0.2) is 0 Å². The van der Waals surface area contributed by atoms with Crippen LogP contribution in [0.2, 0.25) is 0 Å². The fraction of sp³-hybridized carbons (Fsp3) is 0.600. The molecule has 3 unspecified atom stereocenters. The van der Waals surface area contributed by atoms with E-state index in [-0.39, 0.29) is 0 Å². The van der Waals surface area contributed by atoms with E-state index in [1.54, 1.807) is 0 Å². The lowest BCUT2D eigenvalue weighted by atomic mass is 9.97. The molecule has 0 bridgehead atoms. The maximum atomic E-state index is 4.37. The van der Waals surface area contributed by atoms with Crippen LogP contribution in [0.5, 0.6) is 0 Å². The molecule has 5 nitrogen and oxygen atoms in total. The summed E-state index contributed by atoms with van der Waals surface area (Å²) in [6.07, 6.45) is 13.4. The largest absolute Gasteiger partial charge is 0.335 e. The Morgan fingerprint density at radius 2 is 2.25 bits per heavy atom. The zero-order chi connectivity index (χ0) is 13.9. The van der Waals surface area contributed by atoms with Crippen molar-refractivity contribution in [1.29, 1.82) is 0 Å². The molecule has 0 amide bonds. The Morgan fingerprint density at radius 1 is 1.35 bits per heavy atom. The summed E-state index contributed by atoms with van der Waals surface area (Å²) < 4.78 is 4.42. The van der Waals surface area contributed by atoms with E-state index in [0.29, 0.717) is 18.1 Å². The molecule has 2 aromatic rings. The van der Waals surface area contributed by atoms with Gasteiger partial charge < -0.3 is 14.5 Å². The predicted molar refractivity (Wildman–Crippen MR) is 78.4 cm³/mol. The minimum absolute atomic E-state index is 0.376.